The van der Waals surface area contributed by atoms with Crippen LogP contribution in [0.1, 0.15) is 51.8 Å². The van der Waals surface area contributed by atoms with Crippen LogP contribution in [0.5, 0.6) is 0 Å². The van der Waals surface area contributed by atoms with Gasteiger partial charge in [0.25, 0.3) is 5.91 Å². The topological polar surface area (TPSA) is 79.2 Å². The molecule has 0 aliphatic heterocycles. The Hall–Kier alpha value is -3.61. The van der Waals surface area contributed by atoms with Crippen LogP contribution in [0.15, 0.2) is 55.1 Å². The molecule has 6 nitrogen and oxygen atoms in total. The number of thiophene rings is 1. The highest BCUT2D eigenvalue weighted by Crippen LogP contribution is 2.46. The van der Waals surface area contributed by atoms with Gasteiger partial charge >= 0.3 is 6.18 Å². The van der Waals surface area contributed by atoms with Crippen molar-refractivity contribution in [3.8, 4) is 0 Å². The lowest BCUT2D eigenvalue weighted by molar-refractivity contribution is -0.140. The molecule has 222 valence electrons. The van der Waals surface area contributed by atoms with Crippen molar-refractivity contribution >= 4 is 33.0 Å². The van der Waals surface area contributed by atoms with E-state index in [0.717, 1.165) is 63.8 Å². The Bertz CT molecular complexity index is 1640. The number of benzene rings is 2. The Kier molecular flexibility index (Phi) is 7.99. The molecule has 42 heavy (non-hydrogen) atoms. The quantitative estimate of drug-likeness (QED) is 0.196. The number of rotatable bonds is 10. The number of fused-ring (bicyclic) bond motifs is 1. The van der Waals surface area contributed by atoms with Gasteiger partial charge in [0.1, 0.15) is 16.5 Å². The predicted octanol–water partition coefficient (Wildman–Crippen LogP) is 5.95. The molecular formula is C30H29F5N4O2S. The fraction of sp³-hybridized carbons (Fsp3) is 0.333. The lowest BCUT2D eigenvalue weighted by Crippen LogP contribution is -2.50. The lowest BCUT2D eigenvalue weighted by atomic mass is 9.97. The van der Waals surface area contributed by atoms with Crippen molar-refractivity contribution in [2.75, 3.05) is 6.54 Å². The summed E-state index contributed by atoms with van der Waals surface area (Å²) in [4.78, 5) is 13.4. The molecule has 1 fully saturated rings. The van der Waals surface area contributed by atoms with Crippen molar-refractivity contribution in [2.45, 2.75) is 50.0 Å². The fourth-order valence-corrected chi connectivity index (χ4v) is 6.06. The van der Waals surface area contributed by atoms with Gasteiger partial charge in [0, 0.05) is 30.6 Å². The largest absolute Gasteiger partial charge is 0.435 e. The molecule has 2 aromatic carbocycles. The van der Waals surface area contributed by atoms with E-state index in [2.05, 4.69) is 22.3 Å². The summed E-state index contributed by atoms with van der Waals surface area (Å²) in [5, 5.41) is 20.6. The van der Waals surface area contributed by atoms with Crippen LogP contribution in [0, 0.1) is 11.6 Å². The van der Waals surface area contributed by atoms with Gasteiger partial charge in [-0.05, 0) is 67.1 Å². The highest BCUT2D eigenvalue weighted by atomic mass is 32.1. The van der Waals surface area contributed by atoms with Crippen LogP contribution in [0.3, 0.4) is 0 Å². The van der Waals surface area contributed by atoms with Gasteiger partial charge in [0.05, 0.1) is 17.0 Å². The highest BCUT2D eigenvalue weighted by Gasteiger charge is 2.44. The second kappa shape index (κ2) is 11.2. The number of aryl methyl sites for hydroxylation is 1. The van der Waals surface area contributed by atoms with Crippen LogP contribution in [0.4, 0.5) is 22.0 Å². The van der Waals surface area contributed by atoms with Crippen molar-refractivity contribution in [1.82, 2.24) is 20.4 Å². The number of aliphatic hydroxyl groups excluding tert-OH is 1. The van der Waals surface area contributed by atoms with E-state index in [0.29, 0.717) is 6.07 Å². The molecule has 0 radical (unpaired) electrons. The van der Waals surface area contributed by atoms with Gasteiger partial charge in [-0.1, -0.05) is 30.4 Å². The van der Waals surface area contributed by atoms with Gasteiger partial charge in [0.2, 0.25) is 0 Å². The monoisotopic (exact) mass is 604 g/mol. The summed E-state index contributed by atoms with van der Waals surface area (Å²) in [6.07, 6.45) is -4.39. The normalized spacial score (nSPS) is 15.9. The van der Waals surface area contributed by atoms with E-state index >= 15 is 0 Å². The summed E-state index contributed by atoms with van der Waals surface area (Å²) in [6, 6.07) is 10.9. The molecule has 12 heteroatoms. The minimum absolute atomic E-state index is 0.0191. The second-order valence-electron chi connectivity index (χ2n) is 10.8. The molecule has 0 spiro atoms. The van der Waals surface area contributed by atoms with E-state index in [1.807, 2.05) is 31.2 Å². The lowest BCUT2D eigenvalue weighted by Gasteiger charge is -2.27. The Balaban J connectivity index is 1.38. The number of hydrogen-bond donors (Lipinski definition) is 3. The maximum atomic E-state index is 13.9. The second-order valence-corrected chi connectivity index (χ2v) is 11.8. The van der Waals surface area contributed by atoms with Gasteiger partial charge in [-0.25, -0.2) is 8.78 Å². The zero-order valence-corrected chi connectivity index (χ0v) is 23.7. The van der Waals surface area contributed by atoms with Gasteiger partial charge < -0.3 is 15.7 Å². The third-order valence-electron chi connectivity index (χ3n) is 7.47. The molecule has 0 unspecified atom stereocenters. The Morgan fingerprint density at radius 1 is 1.17 bits per heavy atom. The molecule has 0 saturated heterocycles. The fourth-order valence-electron chi connectivity index (χ4n) is 5.08. The number of allylic oxidation sites excluding steroid dienone is 1. The SMILES string of the molecule is C=C(C)c1cccc(C2(NC[C@@H](O)[C@H](Cc3cc(F)cc(F)c3)NC(=O)c3cc4c(C(F)(F)F)nn(C)c4s3)CC2)c1. The number of carbonyl (C=O) groups excluding carboxylic acids is 1. The van der Waals surface area contributed by atoms with Crippen molar-refractivity contribution in [3.05, 3.63) is 94.0 Å². The van der Waals surface area contributed by atoms with Crippen molar-refractivity contribution in [1.29, 1.82) is 0 Å². The standard InChI is InChI=1S/C30H29F5N4O2S/c1-16(2)18-5-4-6-19(12-18)29(7-8-29)36-15-24(40)23(11-17-9-20(31)13-21(32)10-17)37-27(41)25-14-22-26(30(33,34)35)38-39(3)28(22)42-25/h4-6,9-10,12-14,23-24,36,40H,1,7-8,11,15H2,2-3H3,(H,37,41)/t23-,24+/m0/s1. The zero-order chi connectivity index (χ0) is 30.4. The number of nitrogens with zero attached hydrogens (tertiary/aromatic N) is 2. The van der Waals surface area contributed by atoms with Crippen LogP contribution >= 0.6 is 11.3 Å². The maximum absolute atomic E-state index is 13.9. The molecule has 2 heterocycles. The van der Waals surface area contributed by atoms with Crippen LogP contribution < -0.4 is 10.6 Å². The average Bonchev–Trinajstić information content (AvgIpc) is 3.46. The molecule has 4 aromatic rings. The maximum Gasteiger partial charge on any atom is 0.435 e. The first-order chi connectivity index (χ1) is 19.8. The number of halogens is 5. The molecule has 2 atom stereocenters. The minimum Gasteiger partial charge on any atom is -0.390 e. The Morgan fingerprint density at radius 3 is 2.48 bits per heavy atom. The summed E-state index contributed by atoms with van der Waals surface area (Å²) in [6.45, 7) is 5.94. The summed E-state index contributed by atoms with van der Waals surface area (Å²) in [5.41, 5.74) is 1.66. The third-order valence-corrected chi connectivity index (χ3v) is 8.67. The van der Waals surface area contributed by atoms with Gasteiger partial charge in [0.15, 0.2) is 5.69 Å². The number of hydrogen-bond acceptors (Lipinski definition) is 5. The van der Waals surface area contributed by atoms with Gasteiger partial charge in [-0.3, -0.25) is 9.48 Å². The third kappa shape index (κ3) is 6.25. The summed E-state index contributed by atoms with van der Waals surface area (Å²) in [7, 11) is 1.35. The molecule has 1 aliphatic rings. The van der Waals surface area contributed by atoms with E-state index in [-0.39, 0.29) is 39.2 Å². The first-order valence-corrected chi connectivity index (χ1v) is 14.1. The molecule has 5 rings (SSSR count). The number of aliphatic hydroxyl groups is 1. The van der Waals surface area contributed by atoms with Crippen LogP contribution in [-0.4, -0.2) is 39.5 Å². The van der Waals surface area contributed by atoms with E-state index in [1.54, 1.807) is 0 Å². The summed E-state index contributed by atoms with van der Waals surface area (Å²) < 4.78 is 69.3. The van der Waals surface area contributed by atoms with E-state index in [9.17, 15) is 31.9 Å². The van der Waals surface area contributed by atoms with Gasteiger partial charge in [-0.2, -0.15) is 18.3 Å². The molecule has 3 N–H and O–H groups in total. The number of aromatic nitrogens is 2. The highest BCUT2D eigenvalue weighted by molar-refractivity contribution is 7.20. The number of amides is 1. The average molecular weight is 605 g/mol. The Labute approximate surface area is 242 Å². The number of alkyl halides is 3. The zero-order valence-electron chi connectivity index (χ0n) is 22.9. The number of nitrogens with one attached hydrogen (secondary N) is 2. The predicted molar refractivity (Wildman–Crippen MR) is 151 cm³/mol. The molecule has 0 bridgehead atoms. The molecule has 1 amide bonds. The first-order valence-electron chi connectivity index (χ1n) is 13.2. The minimum atomic E-state index is -4.71. The van der Waals surface area contributed by atoms with Crippen LogP contribution in [0.25, 0.3) is 15.8 Å². The molecule has 1 aliphatic carbocycles. The van der Waals surface area contributed by atoms with Gasteiger partial charge in [-0.15, -0.1) is 11.3 Å². The van der Waals surface area contributed by atoms with E-state index < -0.39 is 41.6 Å². The van der Waals surface area contributed by atoms with Crippen LogP contribution in [-0.2, 0) is 25.2 Å². The number of carbonyl (C=O) groups is 1. The summed E-state index contributed by atoms with van der Waals surface area (Å²) >= 11 is 0.826. The Morgan fingerprint density at radius 2 is 1.86 bits per heavy atom. The molecule has 2 aromatic heterocycles. The smallest absolute Gasteiger partial charge is 0.390 e. The van der Waals surface area contributed by atoms with E-state index in [4.69, 9.17) is 0 Å². The van der Waals surface area contributed by atoms with Crippen molar-refractivity contribution in [2.24, 2.45) is 7.05 Å². The van der Waals surface area contributed by atoms with Crippen molar-refractivity contribution in [3.63, 3.8) is 0 Å². The molecule has 1 saturated carbocycles. The first kappa shape index (κ1) is 29.9. The van der Waals surface area contributed by atoms with E-state index in [1.165, 1.54) is 7.05 Å². The van der Waals surface area contributed by atoms with Crippen LogP contribution in [0.2, 0.25) is 0 Å². The summed E-state index contributed by atoms with van der Waals surface area (Å²) in [5.74, 6) is -2.34. The molecular weight excluding hydrogens is 575 g/mol. The van der Waals surface area contributed by atoms with Crippen molar-refractivity contribution < 1.29 is 31.9 Å².